The third kappa shape index (κ3) is 4.01. The molecule has 1 N–H and O–H groups in total. The predicted octanol–water partition coefficient (Wildman–Crippen LogP) is 2.33. The van der Waals surface area contributed by atoms with Crippen LogP contribution >= 0.6 is 15.9 Å². The van der Waals surface area contributed by atoms with Gasteiger partial charge in [-0.05, 0) is 50.8 Å². The quantitative estimate of drug-likeness (QED) is 0.908. The van der Waals surface area contributed by atoms with Crippen molar-refractivity contribution in [2.24, 2.45) is 5.92 Å². The number of aliphatic hydroxyl groups excluding tert-OH is 1. The van der Waals surface area contributed by atoms with Gasteiger partial charge in [-0.2, -0.15) is 0 Å². The topological polar surface area (TPSA) is 26.7 Å². The summed E-state index contributed by atoms with van der Waals surface area (Å²) >= 11 is 3.33. The number of benzene rings is 1. The molecule has 0 amide bonds. The van der Waals surface area contributed by atoms with Crippen molar-refractivity contribution in [3.8, 4) is 0 Å². The molecule has 5 heteroatoms. The van der Waals surface area contributed by atoms with E-state index in [0.29, 0.717) is 6.04 Å². The van der Waals surface area contributed by atoms with Gasteiger partial charge < -0.3 is 10.0 Å². The molecule has 1 aromatic rings. The molecule has 2 atom stereocenters. The first kappa shape index (κ1) is 15.9. The summed E-state index contributed by atoms with van der Waals surface area (Å²) < 4.78 is 14.2. The van der Waals surface area contributed by atoms with Gasteiger partial charge in [-0.15, -0.1) is 0 Å². The monoisotopic (exact) mass is 344 g/mol. The SMILES string of the molecule is CN(C)C1CCN(Cc2cc(F)cc(Br)c2)CC1CO. The van der Waals surface area contributed by atoms with E-state index in [2.05, 4.69) is 39.8 Å². The minimum absolute atomic E-state index is 0.201. The fourth-order valence-corrected chi connectivity index (χ4v) is 3.57. The lowest BCUT2D eigenvalue weighted by molar-refractivity contribution is 0.0454. The highest BCUT2D eigenvalue weighted by Crippen LogP contribution is 2.23. The Kier molecular flexibility index (Phi) is 5.55. The predicted molar refractivity (Wildman–Crippen MR) is 82.0 cm³/mol. The molecule has 0 aromatic heterocycles. The lowest BCUT2D eigenvalue weighted by Gasteiger charge is -2.40. The molecule has 0 aliphatic carbocycles. The summed E-state index contributed by atoms with van der Waals surface area (Å²) in [7, 11) is 4.12. The van der Waals surface area contributed by atoms with Gasteiger partial charge in [0, 0.05) is 36.1 Å². The molecule has 1 saturated heterocycles. The Labute approximate surface area is 128 Å². The molecule has 2 unspecified atom stereocenters. The lowest BCUT2D eigenvalue weighted by atomic mass is 9.91. The second-order valence-corrected chi connectivity index (χ2v) is 6.69. The average Bonchev–Trinajstić information content (AvgIpc) is 2.37. The molecule has 1 fully saturated rings. The number of hydrogen-bond donors (Lipinski definition) is 1. The van der Waals surface area contributed by atoms with E-state index < -0.39 is 0 Å². The molecule has 0 saturated carbocycles. The fraction of sp³-hybridized carbons (Fsp3) is 0.600. The molecule has 0 bridgehead atoms. The smallest absolute Gasteiger partial charge is 0.124 e. The number of rotatable bonds is 4. The third-order valence-corrected chi connectivity index (χ3v) is 4.46. The van der Waals surface area contributed by atoms with Crippen LogP contribution in [0.25, 0.3) is 0 Å². The first-order valence-electron chi connectivity index (χ1n) is 6.94. The van der Waals surface area contributed by atoms with Crippen molar-refractivity contribution in [1.29, 1.82) is 0 Å². The maximum atomic E-state index is 13.4. The summed E-state index contributed by atoms with van der Waals surface area (Å²) in [4.78, 5) is 4.49. The van der Waals surface area contributed by atoms with Crippen LogP contribution in [-0.2, 0) is 6.54 Å². The lowest BCUT2D eigenvalue weighted by Crippen LogP contribution is -2.49. The molecule has 2 rings (SSSR count). The van der Waals surface area contributed by atoms with Crippen molar-refractivity contribution in [1.82, 2.24) is 9.80 Å². The highest BCUT2D eigenvalue weighted by atomic mass is 79.9. The van der Waals surface area contributed by atoms with E-state index in [1.807, 2.05) is 6.07 Å². The van der Waals surface area contributed by atoms with Gasteiger partial charge in [-0.1, -0.05) is 15.9 Å². The van der Waals surface area contributed by atoms with Crippen LogP contribution in [0.1, 0.15) is 12.0 Å². The molecule has 1 aromatic carbocycles. The number of nitrogens with zero attached hydrogens (tertiary/aromatic N) is 2. The second kappa shape index (κ2) is 6.98. The van der Waals surface area contributed by atoms with Crippen LogP contribution in [0.4, 0.5) is 4.39 Å². The van der Waals surface area contributed by atoms with Gasteiger partial charge in [-0.25, -0.2) is 4.39 Å². The van der Waals surface area contributed by atoms with E-state index in [1.165, 1.54) is 6.07 Å². The second-order valence-electron chi connectivity index (χ2n) is 5.78. The molecular weight excluding hydrogens is 323 g/mol. The number of hydrogen-bond acceptors (Lipinski definition) is 3. The number of aliphatic hydroxyl groups is 1. The number of halogens is 2. The summed E-state index contributed by atoms with van der Waals surface area (Å²) in [6.45, 7) is 2.76. The Bertz CT molecular complexity index is 435. The Morgan fingerprint density at radius 2 is 2.15 bits per heavy atom. The number of piperidine rings is 1. The standard InChI is InChI=1S/C15H22BrFN2O/c1-18(2)15-3-4-19(9-12(15)10-20)8-11-5-13(16)7-14(17)6-11/h5-7,12,15,20H,3-4,8-10H2,1-2H3. The van der Waals surface area contributed by atoms with Crippen molar-refractivity contribution in [3.05, 3.63) is 34.1 Å². The number of likely N-dealkylation sites (tertiary alicyclic amines) is 1. The van der Waals surface area contributed by atoms with E-state index in [9.17, 15) is 9.50 Å². The summed E-state index contributed by atoms with van der Waals surface area (Å²) in [6, 6.07) is 5.43. The maximum absolute atomic E-state index is 13.4. The van der Waals surface area contributed by atoms with E-state index in [-0.39, 0.29) is 18.3 Å². The summed E-state index contributed by atoms with van der Waals surface area (Å²) in [6.07, 6.45) is 1.04. The largest absolute Gasteiger partial charge is 0.396 e. The van der Waals surface area contributed by atoms with Crippen LogP contribution in [0.2, 0.25) is 0 Å². The summed E-state index contributed by atoms with van der Waals surface area (Å²) in [5.74, 6) is 0.0482. The maximum Gasteiger partial charge on any atom is 0.124 e. The van der Waals surface area contributed by atoms with Crippen molar-refractivity contribution >= 4 is 15.9 Å². The molecular formula is C15H22BrFN2O. The van der Waals surface area contributed by atoms with Crippen LogP contribution in [0.3, 0.4) is 0 Å². The van der Waals surface area contributed by atoms with Gasteiger partial charge in [0.05, 0.1) is 0 Å². The molecule has 0 radical (unpaired) electrons. The van der Waals surface area contributed by atoms with Gasteiger partial charge in [0.25, 0.3) is 0 Å². The molecule has 112 valence electrons. The zero-order valence-electron chi connectivity index (χ0n) is 12.0. The molecule has 20 heavy (non-hydrogen) atoms. The van der Waals surface area contributed by atoms with Crippen LogP contribution in [0, 0.1) is 11.7 Å². The molecule has 0 spiro atoms. The average molecular weight is 345 g/mol. The first-order valence-corrected chi connectivity index (χ1v) is 7.73. The Morgan fingerprint density at radius 1 is 1.40 bits per heavy atom. The van der Waals surface area contributed by atoms with E-state index in [0.717, 1.165) is 36.1 Å². The summed E-state index contributed by atoms with van der Waals surface area (Å²) in [5.41, 5.74) is 0.969. The van der Waals surface area contributed by atoms with Crippen LogP contribution < -0.4 is 0 Å². The molecule has 1 aliphatic rings. The van der Waals surface area contributed by atoms with E-state index in [1.54, 1.807) is 6.07 Å². The van der Waals surface area contributed by atoms with Gasteiger partial charge in [0.1, 0.15) is 5.82 Å². The van der Waals surface area contributed by atoms with E-state index in [4.69, 9.17) is 0 Å². The van der Waals surface area contributed by atoms with Crippen molar-refractivity contribution in [2.45, 2.75) is 19.0 Å². The van der Waals surface area contributed by atoms with Gasteiger partial charge in [-0.3, -0.25) is 4.90 Å². The van der Waals surface area contributed by atoms with Gasteiger partial charge in [0.15, 0.2) is 0 Å². The first-order chi connectivity index (χ1) is 9.49. The van der Waals surface area contributed by atoms with E-state index >= 15 is 0 Å². The van der Waals surface area contributed by atoms with Crippen LogP contribution in [0.5, 0.6) is 0 Å². The summed E-state index contributed by atoms with van der Waals surface area (Å²) in [5, 5.41) is 9.56. The minimum atomic E-state index is -0.212. The van der Waals surface area contributed by atoms with Gasteiger partial charge in [0.2, 0.25) is 0 Å². The molecule has 3 nitrogen and oxygen atoms in total. The Morgan fingerprint density at radius 3 is 2.75 bits per heavy atom. The zero-order chi connectivity index (χ0) is 14.7. The third-order valence-electron chi connectivity index (χ3n) is 4.00. The zero-order valence-corrected chi connectivity index (χ0v) is 13.6. The van der Waals surface area contributed by atoms with Crippen molar-refractivity contribution < 1.29 is 9.50 Å². The Hall–Kier alpha value is -0.490. The highest BCUT2D eigenvalue weighted by molar-refractivity contribution is 9.10. The fourth-order valence-electron chi connectivity index (χ4n) is 3.06. The minimum Gasteiger partial charge on any atom is -0.396 e. The van der Waals surface area contributed by atoms with Crippen molar-refractivity contribution in [3.63, 3.8) is 0 Å². The van der Waals surface area contributed by atoms with Gasteiger partial charge >= 0.3 is 0 Å². The van der Waals surface area contributed by atoms with Crippen molar-refractivity contribution in [2.75, 3.05) is 33.8 Å². The normalized spacial score (nSPS) is 24.3. The Balaban J connectivity index is 2.01. The van der Waals surface area contributed by atoms with Crippen LogP contribution in [0.15, 0.2) is 22.7 Å². The van der Waals surface area contributed by atoms with Crippen LogP contribution in [-0.4, -0.2) is 54.7 Å². The molecule has 1 aliphatic heterocycles. The molecule has 1 heterocycles. The highest BCUT2D eigenvalue weighted by Gasteiger charge is 2.30.